The minimum atomic E-state index is -4.12. The van der Waals surface area contributed by atoms with Crippen molar-refractivity contribution in [1.29, 1.82) is 5.41 Å². The largest absolute Gasteiger partial charge is 0.384 e. The summed E-state index contributed by atoms with van der Waals surface area (Å²) in [5, 5.41) is 12.1. The van der Waals surface area contributed by atoms with Gasteiger partial charge in [-0.1, -0.05) is 54.6 Å². The first-order valence-electron chi connectivity index (χ1n) is 14.2. The molecule has 6 N–H and O–H groups in total. The van der Waals surface area contributed by atoms with Crippen LogP contribution in [0.15, 0.2) is 84.1 Å². The van der Waals surface area contributed by atoms with Crippen LogP contribution >= 0.6 is 0 Å². The van der Waals surface area contributed by atoms with Crippen LogP contribution in [0.4, 0.5) is 0 Å². The Morgan fingerprint density at radius 1 is 0.953 bits per heavy atom. The molecule has 11 nitrogen and oxygen atoms in total. The fourth-order valence-corrected chi connectivity index (χ4v) is 6.49. The normalized spacial score (nSPS) is 15.1. The number of hydrogen-bond donors (Lipinski definition) is 5. The van der Waals surface area contributed by atoms with Crippen LogP contribution in [-0.2, 0) is 32.5 Å². The van der Waals surface area contributed by atoms with E-state index in [4.69, 9.17) is 11.1 Å². The van der Waals surface area contributed by atoms with Crippen LogP contribution in [-0.4, -0.2) is 66.1 Å². The summed E-state index contributed by atoms with van der Waals surface area (Å²) in [7, 11) is -4.12. The second-order valence-electron chi connectivity index (χ2n) is 10.7. The third-order valence-electron chi connectivity index (χ3n) is 7.61. The van der Waals surface area contributed by atoms with Crippen molar-refractivity contribution in [1.82, 2.24) is 24.9 Å². The van der Waals surface area contributed by atoms with Gasteiger partial charge in [0.15, 0.2) is 0 Å². The van der Waals surface area contributed by atoms with Crippen molar-refractivity contribution in [2.45, 2.75) is 49.1 Å². The summed E-state index contributed by atoms with van der Waals surface area (Å²) in [6, 6.07) is 17.0. The summed E-state index contributed by atoms with van der Waals surface area (Å²) in [5.41, 5.74) is 7.46. The van der Waals surface area contributed by atoms with Crippen molar-refractivity contribution in [2.24, 2.45) is 5.73 Å². The Kier molecular flexibility index (Phi) is 9.17. The number of piperidine rings is 1. The van der Waals surface area contributed by atoms with Gasteiger partial charge in [0.2, 0.25) is 21.8 Å². The number of carbonyl (C=O) groups is 2. The highest BCUT2D eigenvalue weighted by molar-refractivity contribution is 7.89. The molecule has 1 fully saturated rings. The third-order valence-corrected chi connectivity index (χ3v) is 9.08. The highest BCUT2D eigenvalue weighted by Gasteiger charge is 2.32. The number of aromatic nitrogens is 2. The van der Waals surface area contributed by atoms with E-state index in [2.05, 4.69) is 20.0 Å². The number of rotatable bonds is 11. The van der Waals surface area contributed by atoms with Crippen LogP contribution in [0.2, 0.25) is 0 Å². The van der Waals surface area contributed by atoms with Gasteiger partial charge in [0.1, 0.15) is 17.9 Å². The number of nitrogens with one attached hydrogen (secondary N) is 4. The molecular weight excluding hydrogens is 566 g/mol. The molecule has 3 aromatic carbocycles. The van der Waals surface area contributed by atoms with E-state index in [1.165, 1.54) is 18.6 Å². The van der Waals surface area contributed by atoms with Gasteiger partial charge in [0, 0.05) is 43.4 Å². The lowest BCUT2D eigenvalue weighted by molar-refractivity contribution is -0.137. The number of aromatic amines is 1. The Balaban J connectivity index is 1.41. The molecule has 0 radical (unpaired) electrons. The predicted octanol–water partition coefficient (Wildman–Crippen LogP) is 2.48. The van der Waals surface area contributed by atoms with Gasteiger partial charge in [0.05, 0.1) is 11.2 Å². The zero-order chi connectivity index (χ0) is 30.4. The maximum Gasteiger partial charge on any atom is 0.245 e. The van der Waals surface area contributed by atoms with Gasteiger partial charge in [-0.25, -0.2) is 13.4 Å². The number of nitrogen functional groups attached to an aromatic ring is 1. The molecule has 1 aliphatic rings. The van der Waals surface area contributed by atoms with E-state index >= 15 is 0 Å². The van der Waals surface area contributed by atoms with Gasteiger partial charge < -0.3 is 20.9 Å². The molecule has 4 aromatic rings. The lowest BCUT2D eigenvalue weighted by Gasteiger charge is -2.31. The molecule has 43 heavy (non-hydrogen) atoms. The first kappa shape index (κ1) is 29.9. The number of fused-ring (bicyclic) bond motifs is 1. The summed E-state index contributed by atoms with van der Waals surface area (Å²) in [6.45, 7) is 1.20. The van der Waals surface area contributed by atoms with Crippen molar-refractivity contribution < 1.29 is 18.0 Å². The number of amides is 2. The van der Waals surface area contributed by atoms with E-state index in [9.17, 15) is 18.0 Å². The Morgan fingerprint density at radius 2 is 1.67 bits per heavy atom. The predicted molar refractivity (Wildman–Crippen MR) is 164 cm³/mol. The minimum Gasteiger partial charge on any atom is -0.384 e. The fraction of sp³-hybridized carbons (Fsp3) is 0.290. The van der Waals surface area contributed by atoms with Crippen LogP contribution in [0.1, 0.15) is 36.1 Å². The Labute approximate surface area is 250 Å². The first-order valence-corrected chi connectivity index (χ1v) is 15.7. The summed E-state index contributed by atoms with van der Waals surface area (Å²) < 4.78 is 29.7. The average Bonchev–Trinajstić information content (AvgIpc) is 3.53. The zero-order valence-corrected chi connectivity index (χ0v) is 24.4. The molecule has 1 saturated heterocycles. The van der Waals surface area contributed by atoms with Crippen molar-refractivity contribution in [3.8, 4) is 0 Å². The number of amidine groups is 1. The molecular formula is C31H35N7O4S. The molecule has 2 atom stereocenters. The quantitative estimate of drug-likeness (QED) is 0.130. The van der Waals surface area contributed by atoms with Crippen molar-refractivity contribution in [2.75, 3.05) is 13.1 Å². The van der Waals surface area contributed by atoms with Gasteiger partial charge in [-0.2, -0.15) is 4.72 Å². The summed E-state index contributed by atoms with van der Waals surface area (Å²) in [5.74, 6) is -0.919. The van der Waals surface area contributed by atoms with Gasteiger partial charge in [-0.15, -0.1) is 0 Å². The molecule has 0 aliphatic carbocycles. The molecule has 1 aliphatic heterocycles. The molecule has 0 spiro atoms. The summed E-state index contributed by atoms with van der Waals surface area (Å²) in [6.07, 6.45) is 5.97. The van der Waals surface area contributed by atoms with E-state index in [1.807, 2.05) is 24.3 Å². The maximum atomic E-state index is 13.8. The molecule has 0 bridgehead atoms. The van der Waals surface area contributed by atoms with E-state index in [0.29, 0.717) is 24.3 Å². The Hall–Kier alpha value is -4.55. The number of hydrogen-bond acceptors (Lipinski definition) is 6. The first-order chi connectivity index (χ1) is 20.7. The number of nitrogens with two attached hydrogens (primary N) is 1. The molecule has 2 heterocycles. The number of benzene rings is 3. The number of likely N-dealkylation sites (tertiary alicyclic amines) is 1. The molecule has 1 aromatic heterocycles. The average molecular weight is 602 g/mol. The van der Waals surface area contributed by atoms with Gasteiger partial charge in [0.25, 0.3) is 0 Å². The van der Waals surface area contributed by atoms with Crippen LogP contribution in [0.25, 0.3) is 10.8 Å². The third kappa shape index (κ3) is 7.46. The van der Waals surface area contributed by atoms with E-state index < -0.39 is 28.0 Å². The molecule has 0 saturated carbocycles. The highest BCUT2D eigenvalue weighted by atomic mass is 32.2. The summed E-state index contributed by atoms with van der Waals surface area (Å²) >= 11 is 0. The van der Waals surface area contributed by atoms with Gasteiger partial charge in [-0.3, -0.25) is 15.0 Å². The van der Waals surface area contributed by atoms with Crippen molar-refractivity contribution in [3.63, 3.8) is 0 Å². The van der Waals surface area contributed by atoms with Crippen LogP contribution < -0.4 is 15.8 Å². The number of carbonyl (C=O) groups excluding carboxylic acids is 2. The zero-order valence-electron chi connectivity index (χ0n) is 23.6. The smallest absolute Gasteiger partial charge is 0.245 e. The number of sulfonamides is 1. The Morgan fingerprint density at radius 3 is 2.35 bits per heavy atom. The number of nitrogens with zero attached hydrogens (tertiary/aromatic N) is 2. The molecule has 224 valence electrons. The van der Waals surface area contributed by atoms with E-state index in [0.717, 1.165) is 35.6 Å². The van der Waals surface area contributed by atoms with E-state index in [-0.39, 0.29) is 29.5 Å². The monoisotopic (exact) mass is 601 g/mol. The lowest BCUT2D eigenvalue weighted by Crippen LogP contribution is -2.56. The Bertz CT molecular complexity index is 1700. The SMILES string of the molecule is N=C(N)c1ccc(C[C@@H](NC(=O)C(Cc2cnc[nH]2)NS(=O)(=O)c2ccc3ccccc3c2)C(=O)N2CCCCC2)cc1. The second-order valence-corrected chi connectivity index (χ2v) is 12.4. The van der Waals surface area contributed by atoms with E-state index in [1.54, 1.807) is 41.3 Å². The molecule has 12 heteroatoms. The topological polar surface area (TPSA) is 174 Å². The standard InChI is InChI=1S/C31H35N7O4S/c32-29(33)23-10-8-21(9-11-23)16-28(31(40)38-14-4-1-5-15-38)36-30(39)27(18-25-19-34-20-35-25)37-43(41,42)26-13-12-22-6-2-3-7-24(22)17-26/h2-3,6-13,17,19-20,27-28,37H,1,4-5,14-16,18H2,(H3,32,33)(H,34,35)(H,36,39)/t27?,28-/m1/s1. The van der Waals surface area contributed by atoms with Gasteiger partial charge >= 0.3 is 0 Å². The summed E-state index contributed by atoms with van der Waals surface area (Å²) in [4.78, 5) is 36.2. The molecule has 5 rings (SSSR count). The minimum absolute atomic E-state index is 0.00339. The van der Waals surface area contributed by atoms with Crippen LogP contribution in [0, 0.1) is 5.41 Å². The maximum absolute atomic E-state index is 13.8. The van der Waals surface area contributed by atoms with Crippen LogP contribution in [0.3, 0.4) is 0 Å². The number of imidazole rings is 1. The fourth-order valence-electron chi connectivity index (χ4n) is 5.26. The highest BCUT2D eigenvalue weighted by Crippen LogP contribution is 2.20. The lowest BCUT2D eigenvalue weighted by atomic mass is 10.0. The van der Waals surface area contributed by atoms with Crippen molar-refractivity contribution >= 4 is 38.4 Å². The van der Waals surface area contributed by atoms with Crippen LogP contribution in [0.5, 0.6) is 0 Å². The van der Waals surface area contributed by atoms with Crippen molar-refractivity contribution in [3.05, 3.63) is 96.1 Å². The number of H-pyrrole nitrogens is 1. The van der Waals surface area contributed by atoms with Gasteiger partial charge in [-0.05, 0) is 47.7 Å². The molecule has 2 amide bonds. The molecule has 1 unspecified atom stereocenters. The second kappa shape index (κ2) is 13.2.